The number of hydrogen-bond donors (Lipinski definition) is 4. The maximum atomic E-state index is 14.4. The van der Waals surface area contributed by atoms with Crippen molar-refractivity contribution in [1.29, 1.82) is 0 Å². The van der Waals surface area contributed by atoms with Crippen LogP contribution in [-0.2, 0) is 69.1 Å². The van der Waals surface area contributed by atoms with Crippen LogP contribution in [0.3, 0.4) is 0 Å². The van der Waals surface area contributed by atoms with Crippen molar-refractivity contribution in [2.75, 3.05) is 0 Å². The summed E-state index contributed by atoms with van der Waals surface area (Å²) < 4.78 is 211. The molecule has 1 aliphatic heterocycles. The molecule has 0 bridgehead atoms. The predicted octanol–water partition coefficient (Wildman–Crippen LogP) is 2.25. The summed E-state index contributed by atoms with van der Waals surface area (Å²) in [6.45, 7) is 0. The Bertz CT molecular complexity index is 2710. The molecule has 2 unspecified atom stereocenters. The van der Waals surface area contributed by atoms with Gasteiger partial charge in [-0.3, -0.25) is 26.6 Å². The van der Waals surface area contributed by atoms with Crippen molar-refractivity contribution in [3.8, 4) is 11.1 Å². The largest absolute Gasteiger partial charge is 0.300 e. The van der Waals surface area contributed by atoms with Crippen LogP contribution in [-0.4, -0.2) is 68.7 Å². The van der Waals surface area contributed by atoms with Gasteiger partial charge < -0.3 is 0 Å². The molecule has 2 atom stereocenters. The standard InChI is InChI=1S/C26H20O18S6/c27-45(28,29)18-14-8-7-13-17(18)19-22(46(30,31)32)24(47(33,34)35)25(48(36,37)38)26-23(19)49(39,40)43-20(15-9-3-1-4-10-15)21(44-50(26,41)42)16-11-5-2-6-12-16/h1-14,20-21H,(H,27,28,29)(H,30,31,32)(H,33,34,35)(H,36,37,38). The topological polar surface area (TPSA) is 304 Å². The van der Waals surface area contributed by atoms with E-state index in [0.29, 0.717) is 12.1 Å². The van der Waals surface area contributed by atoms with Crippen LogP contribution in [0.5, 0.6) is 0 Å². The molecule has 0 aromatic heterocycles. The summed E-state index contributed by atoms with van der Waals surface area (Å²) in [7, 11) is -37.5. The molecule has 4 N–H and O–H groups in total. The second-order valence-corrected chi connectivity index (χ2v) is 18.7. The third-order valence-electron chi connectivity index (χ3n) is 6.98. The average Bonchev–Trinajstić information content (AvgIpc) is 3.00. The zero-order valence-corrected chi connectivity index (χ0v) is 29.1. The first kappa shape index (κ1) is 37.6. The van der Waals surface area contributed by atoms with E-state index < -0.39 is 113 Å². The molecule has 0 saturated heterocycles. The minimum Gasteiger partial charge on any atom is -0.282 e. The summed E-state index contributed by atoms with van der Waals surface area (Å²) >= 11 is 0. The van der Waals surface area contributed by atoms with E-state index in [0.717, 1.165) is 12.1 Å². The fourth-order valence-electron chi connectivity index (χ4n) is 5.18. The van der Waals surface area contributed by atoms with Gasteiger partial charge in [0.15, 0.2) is 0 Å². The number of hydrogen-bond acceptors (Lipinski definition) is 14. The summed E-state index contributed by atoms with van der Waals surface area (Å²) in [5.41, 5.74) is -3.63. The Labute approximate surface area is 285 Å². The maximum Gasteiger partial charge on any atom is 0.300 e. The highest BCUT2D eigenvalue weighted by molar-refractivity contribution is 7.93. The molecular weight excluding hydrogens is 793 g/mol. The highest BCUT2D eigenvalue weighted by Crippen LogP contribution is 2.52. The number of benzene rings is 4. The lowest BCUT2D eigenvalue weighted by Crippen LogP contribution is -2.31. The lowest BCUT2D eigenvalue weighted by molar-refractivity contribution is 0.0579. The van der Waals surface area contributed by atoms with Gasteiger partial charge in [0.05, 0.1) is 0 Å². The quantitative estimate of drug-likeness (QED) is 0.154. The number of rotatable bonds is 7. The van der Waals surface area contributed by atoms with Gasteiger partial charge in [-0.2, -0.15) is 50.5 Å². The van der Waals surface area contributed by atoms with Gasteiger partial charge in [-0.1, -0.05) is 78.9 Å². The first-order chi connectivity index (χ1) is 22.9. The van der Waals surface area contributed by atoms with Crippen LogP contribution in [0.15, 0.2) is 114 Å². The van der Waals surface area contributed by atoms with E-state index in [1.807, 2.05) is 0 Å². The molecule has 0 saturated carbocycles. The van der Waals surface area contributed by atoms with Crippen molar-refractivity contribution in [2.45, 2.75) is 41.6 Å². The molecule has 0 spiro atoms. The Kier molecular flexibility index (Phi) is 9.42. The lowest BCUT2D eigenvalue weighted by atomic mass is 9.98. The van der Waals surface area contributed by atoms with Gasteiger partial charge in [0, 0.05) is 11.1 Å². The first-order valence-electron chi connectivity index (χ1n) is 13.1. The summed E-state index contributed by atoms with van der Waals surface area (Å²) in [5.74, 6) is 0. The second kappa shape index (κ2) is 12.5. The molecule has 0 amide bonds. The highest BCUT2D eigenvalue weighted by atomic mass is 32.2. The van der Waals surface area contributed by atoms with Crippen molar-refractivity contribution < 1.29 is 77.1 Å². The van der Waals surface area contributed by atoms with Crippen molar-refractivity contribution in [3.63, 3.8) is 0 Å². The van der Waals surface area contributed by atoms with E-state index in [4.69, 9.17) is 8.37 Å². The van der Waals surface area contributed by atoms with Crippen molar-refractivity contribution in [2.24, 2.45) is 0 Å². The first-order valence-corrected chi connectivity index (χ1v) is 21.6. The molecule has 1 aliphatic rings. The van der Waals surface area contributed by atoms with Crippen molar-refractivity contribution in [1.82, 2.24) is 0 Å². The van der Waals surface area contributed by atoms with Gasteiger partial charge in [-0.05, 0) is 17.2 Å². The molecule has 4 aromatic rings. The number of fused-ring (bicyclic) bond motifs is 1. The van der Waals surface area contributed by atoms with Gasteiger partial charge in [0.2, 0.25) is 0 Å². The van der Waals surface area contributed by atoms with Gasteiger partial charge in [-0.15, -0.1) is 0 Å². The van der Waals surface area contributed by atoms with Crippen LogP contribution in [0.4, 0.5) is 0 Å². The molecule has 0 radical (unpaired) electrons. The molecule has 24 heteroatoms. The van der Waals surface area contributed by atoms with Crippen molar-refractivity contribution in [3.05, 3.63) is 96.1 Å². The maximum absolute atomic E-state index is 14.4. The third-order valence-corrected chi connectivity index (χ3v) is 13.9. The lowest BCUT2D eigenvalue weighted by Gasteiger charge is -2.32. The highest BCUT2D eigenvalue weighted by Gasteiger charge is 2.51. The summed E-state index contributed by atoms with van der Waals surface area (Å²) in [6, 6.07) is 15.9. The van der Waals surface area contributed by atoms with Crippen LogP contribution >= 0.6 is 0 Å². The molecule has 5 rings (SSSR count). The summed E-state index contributed by atoms with van der Waals surface area (Å²) in [6.07, 6.45) is -4.16. The Morgan fingerprint density at radius 1 is 0.460 bits per heavy atom. The Morgan fingerprint density at radius 3 is 1.24 bits per heavy atom. The van der Waals surface area contributed by atoms with E-state index >= 15 is 0 Å². The van der Waals surface area contributed by atoms with Crippen LogP contribution in [0.1, 0.15) is 23.3 Å². The van der Waals surface area contributed by atoms with Gasteiger partial charge >= 0.3 is 10.1 Å². The minimum atomic E-state index is -6.54. The van der Waals surface area contributed by atoms with E-state index in [9.17, 15) is 68.7 Å². The van der Waals surface area contributed by atoms with E-state index in [2.05, 4.69) is 0 Å². The summed E-state index contributed by atoms with van der Waals surface area (Å²) in [4.78, 5) is -13.8. The molecule has 4 aromatic carbocycles. The van der Waals surface area contributed by atoms with Crippen LogP contribution in [0.25, 0.3) is 11.1 Å². The predicted molar refractivity (Wildman–Crippen MR) is 166 cm³/mol. The Balaban J connectivity index is 2.19. The second-order valence-electron chi connectivity index (χ2n) is 10.2. The molecule has 1 heterocycles. The molecule has 50 heavy (non-hydrogen) atoms. The molecule has 18 nitrogen and oxygen atoms in total. The van der Waals surface area contributed by atoms with Crippen LogP contribution in [0.2, 0.25) is 0 Å². The zero-order valence-electron chi connectivity index (χ0n) is 24.2. The molecule has 0 aliphatic carbocycles. The van der Waals surface area contributed by atoms with Gasteiger partial charge in [-0.25, -0.2) is 0 Å². The third kappa shape index (κ3) is 6.97. The SMILES string of the molecule is O=S(=O)(O)c1ccccc1-c1c(S(=O)(=O)O)c(S(=O)(=O)O)c(S(=O)(=O)O)c2c1S(=O)(=O)OC(c1ccccc1)C(c1ccccc1)OS2(=O)=O. The van der Waals surface area contributed by atoms with Gasteiger partial charge in [0.25, 0.3) is 50.6 Å². The van der Waals surface area contributed by atoms with Gasteiger partial charge in [0.1, 0.15) is 41.6 Å². The monoisotopic (exact) mass is 812 g/mol. The normalized spacial score (nSPS) is 19.5. The Hall–Kier alpha value is -3.66. The van der Waals surface area contributed by atoms with Crippen LogP contribution in [0, 0.1) is 0 Å². The van der Waals surface area contributed by atoms with Crippen molar-refractivity contribution >= 4 is 60.7 Å². The summed E-state index contributed by atoms with van der Waals surface area (Å²) in [5, 5.41) is 0. The Morgan fingerprint density at radius 2 is 0.840 bits per heavy atom. The minimum absolute atomic E-state index is 0.136. The zero-order chi connectivity index (χ0) is 37.2. The smallest absolute Gasteiger partial charge is 0.282 e. The fourth-order valence-corrected chi connectivity index (χ4v) is 13.4. The van der Waals surface area contributed by atoms with E-state index in [1.54, 1.807) is 0 Å². The van der Waals surface area contributed by atoms with E-state index in [1.165, 1.54) is 60.7 Å². The molecule has 0 fully saturated rings. The van der Waals surface area contributed by atoms with E-state index in [-0.39, 0.29) is 11.1 Å². The molecular formula is C26H20O18S6. The fraction of sp³-hybridized carbons (Fsp3) is 0.0769. The van der Waals surface area contributed by atoms with Crippen LogP contribution < -0.4 is 0 Å². The molecule has 268 valence electrons. The average molecular weight is 813 g/mol.